The summed E-state index contributed by atoms with van der Waals surface area (Å²) in [7, 11) is 0. The van der Waals surface area contributed by atoms with Gasteiger partial charge < -0.3 is 10.2 Å². The third-order valence-corrected chi connectivity index (χ3v) is 2.57. The molecule has 6 heteroatoms. The summed E-state index contributed by atoms with van der Waals surface area (Å²) in [6.45, 7) is 0. The molecule has 1 aromatic carbocycles. The van der Waals surface area contributed by atoms with Crippen LogP contribution in [0.2, 0.25) is 0 Å². The van der Waals surface area contributed by atoms with Crippen molar-refractivity contribution in [2.24, 2.45) is 0 Å². The molecule has 2 heterocycles. The van der Waals surface area contributed by atoms with Crippen LogP contribution in [-0.2, 0) is 0 Å². The summed E-state index contributed by atoms with van der Waals surface area (Å²) >= 11 is 0. The Morgan fingerprint density at radius 1 is 0.950 bits per heavy atom. The molecule has 3 aromatic rings. The number of hydrogen-bond acceptors (Lipinski definition) is 5. The van der Waals surface area contributed by atoms with E-state index in [9.17, 15) is 14.7 Å². The molecule has 100 valence electrons. The Balaban J connectivity index is 0.000000160. The first-order chi connectivity index (χ1) is 9.61. The third-order valence-electron chi connectivity index (χ3n) is 2.57. The zero-order valence-corrected chi connectivity index (χ0v) is 10.2. The van der Waals surface area contributed by atoms with Gasteiger partial charge in [0.05, 0.1) is 0 Å². The van der Waals surface area contributed by atoms with Crippen molar-refractivity contribution < 1.29 is 15.2 Å². The van der Waals surface area contributed by atoms with Crippen LogP contribution in [0.5, 0.6) is 11.5 Å². The maximum Gasteiger partial charge on any atom is 0.266 e. The van der Waals surface area contributed by atoms with Crippen LogP contribution in [0.1, 0.15) is 0 Å². The van der Waals surface area contributed by atoms with Crippen LogP contribution in [0.25, 0.3) is 11.1 Å². The second-order valence-electron chi connectivity index (χ2n) is 3.86. The minimum atomic E-state index is -1.12. The fourth-order valence-corrected chi connectivity index (χ4v) is 1.48. The number of pyridine rings is 2. The Bertz CT molecular complexity index is 696. The number of aromatic nitrogens is 2. The fraction of sp³-hybridized carbons (Fsp3) is 0. The van der Waals surface area contributed by atoms with Crippen molar-refractivity contribution in [1.29, 1.82) is 0 Å². The van der Waals surface area contributed by atoms with Gasteiger partial charge in [-0.25, -0.2) is 4.98 Å². The highest BCUT2D eigenvalue weighted by atomic mass is 16.3. The first-order valence-electron chi connectivity index (χ1n) is 5.67. The van der Waals surface area contributed by atoms with Crippen molar-refractivity contribution in [2.75, 3.05) is 0 Å². The molecule has 2 N–H and O–H groups in total. The molecule has 0 bridgehead atoms. The predicted molar refractivity (Wildman–Crippen MR) is 68.7 cm³/mol. The van der Waals surface area contributed by atoms with Crippen molar-refractivity contribution in [1.82, 2.24) is 4.98 Å². The highest BCUT2D eigenvalue weighted by molar-refractivity contribution is 5.61. The number of hydrogen-bond donors (Lipinski definition) is 1. The van der Waals surface area contributed by atoms with Crippen LogP contribution in [-0.4, -0.2) is 10.1 Å². The second-order valence-corrected chi connectivity index (χ2v) is 3.86. The molecule has 0 aliphatic rings. The summed E-state index contributed by atoms with van der Waals surface area (Å²) in [4.78, 5) is 26.8. The smallest absolute Gasteiger partial charge is 0.266 e. The number of rotatable bonds is 1. The number of nitrogens with zero attached hydrogens (tertiary/aromatic N) is 1. The zero-order valence-electron chi connectivity index (χ0n) is 10.2. The molecule has 0 radical (unpaired) electrons. The lowest BCUT2D eigenvalue weighted by Gasteiger charge is -2.05. The van der Waals surface area contributed by atoms with Crippen molar-refractivity contribution in [2.45, 2.75) is 0 Å². The molecule has 0 atom stereocenters. The highest BCUT2D eigenvalue weighted by Crippen LogP contribution is 2.15. The molecular formula is C14H10N2O4. The van der Waals surface area contributed by atoms with Crippen LogP contribution < -0.4 is 20.9 Å². The van der Waals surface area contributed by atoms with Crippen LogP contribution in [0, 0.1) is 0 Å². The van der Waals surface area contributed by atoms with Gasteiger partial charge in [0.25, 0.3) is 5.43 Å². The summed E-state index contributed by atoms with van der Waals surface area (Å²) in [6, 6.07) is 8.06. The molecule has 0 saturated heterocycles. The Kier molecular flexibility index (Phi) is 3.85. The summed E-state index contributed by atoms with van der Waals surface area (Å²) in [5, 5.41) is 18.1. The molecule has 0 aliphatic heterocycles. The second kappa shape index (κ2) is 5.75. The van der Waals surface area contributed by atoms with E-state index in [1.54, 1.807) is 12.4 Å². The summed E-state index contributed by atoms with van der Waals surface area (Å²) < 4.78 is 0. The highest BCUT2D eigenvalue weighted by Gasteiger charge is 2.09. The van der Waals surface area contributed by atoms with Gasteiger partial charge in [0.2, 0.25) is 5.43 Å². The molecule has 0 fully saturated rings. The fourth-order valence-electron chi connectivity index (χ4n) is 1.48. The SMILES string of the molecule is O=c1c([O-])c(O)c1=O.c1cc(-c2cc[nH+]cc2)ccn1. The molecule has 3 rings (SSSR count). The first kappa shape index (κ1) is 13.4. The average Bonchev–Trinajstić information content (AvgIpc) is 2.55. The van der Waals surface area contributed by atoms with E-state index in [0.717, 1.165) is 0 Å². The lowest BCUT2D eigenvalue weighted by molar-refractivity contribution is -0.377. The molecule has 6 nitrogen and oxygen atoms in total. The van der Waals surface area contributed by atoms with Gasteiger partial charge in [-0.2, -0.15) is 0 Å². The molecule has 2 aromatic heterocycles. The van der Waals surface area contributed by atoms with Gasteiger partial charge >= 0.3 is 0 Å². The van der Waals surface area contributed by atoms with Gasteiger partial charge in [-0.15, -0.1) is 0 Å². The standard InChI is InChI=1S/C10H8N2.C4H2O4/c1-5-11-6-2-9(1)10-3-7-12-8-4-10;5-1-2(6)4(8)3(1)7/h1-8H;5-6H. The molecule has 0 spiro atoms. The summed E-state index contributed by atoms with van der Waals surface area (Å²) in [5.41, 5.74) is 0.202. The largest absolute Gasteiger partial charge is 0.867 e. The van der Waals surface area contributed by atoms with E-state index in [1.807, 2.05) is 36.7 Å². The van der Waals surface area contributed by atoms with Gasteiger partial charge in [-0.3, -0.25) is 14.6 Å². The van der Waals surface area contributed by atoms with Crippen molar-refractivity contribution >= 4 is 0 Å². The zero-order chi connectivity index (χ0) is 14.5. The quantitative estimate of drug-likeness (QED) is 0.607. The normalized spacial score (nSPS) is 9.80. The molecule has 0 amide bonds. The lowest BCUT2D eigenvalue weighted by atomic mass is 10.1. The topological polar surface area (TPSA) is 104 Å². The molecule has 0 unspecified atom stereocenters. The monoisotopic (exact) mass is 270 g/mol. The molecule has 0 saturated carbocycles. The van der Waals surface area contributed by atoms with E-state index in [1.165, 1.54) is 11.1 Å². The Morgan fingerprint density at radius 2 is 1.50 bits per heavy atom. The predicted octanol–water partition coefficient (Wildman–Crippen LogP) is -0.376. The van der Waals surface area contributed by atoms with E-state index in [-0.39, 0.29) is 0 Å². The number of H-pyrrole nitrogens is 1. The third kappa shape index (κ3) is 2.69. The molecule has 0 aliphatic carbocycles. The van der Waals surface area contributed by atoms with Crippen molar-refractivity contribution in [3.05, 3.63) is 69.5 Å². The number of nitrogens with one attached hydrogen (secondary N) is 1. The van der Waals surface area contributed by atoms with Gasteiger partial charge in [0.1, 0.15) is 0 Å². The Morgan fingerprint density at radius 3 is 1.95 bits per heavy atom. The number of aromatic amines is 1. The number of aromatic hydroxyl groups is 1. The van der Waals surface area contributed by atoms with E-state index in [2.05, 4.69) is 9.97 Å². The maximum atomic E-state index is 9.91. The van der Waals surface area contributed by atoms with Crippen LogP contribution in [0.15, 0.2) is 58.6 Å². The van der Waals surface area contributed by atoms with Gasteiger partial charge in [0.15, 0.2) is 18.1 Å². The first-order valence-corrected chi connectivity index (χ1v) is 5.67. The van der Waals surface area contributed by atoms with E-state index < -0.39 is 22.4 Å². The summed E-state index contributed by atoms with van der Waals surface area (Å²) in [5.74, 6) is -2.01. The van der Waals surface area contributed by atoms with Gasteiger partial charge in [0, 0.05) is 24.5 Å². The molecule has 20 heavy (non-hydrogen) atoms. The average molecular weight is 270 g/mol. The Labute approximate surface area is 113 Å². The van der Waals surface area contributed by atoms with E-state index in [0.29, 0.717) is 0 Å². The van der Waals surface area contributed by atoms with Crippen molar-refractivity contribution in [3.8, 4) is 22.6 Å². The van der Waals surface area contributed by atoms with E-state index >= 15 is 0 Å². The van der Waals surface area contributed by atoms with Crippen molar-refractivity contribution in [3.63, 3.8) is 0 Å². The van der Waals surface area contributed by atoms with Crippen LogP contribution >= 0.6 is 0 Å². The minimum absolute atomic E-state index is 0.935. The van der Waals surface area contributed by atoms with Crippen LogP contribution in [0.3, 0.4) is 0 Å². The van der Waals surface area contributed by atoms with Gasteiger partial charge in [-0.1, -0.05) is 0 Å². The lowest BCUT2D eigenvalue weighted by Crippen LogP contribution is -2.33. The molecular weight excluding hydrogens is 260 g/mol. The Hall–Kier alpha value is -3.02. The van der Waals surface area contributed by atoms with Crippen LogP contribution in [0.4, 0.5) is 0 Å². The maximum absolute atomic E-state index is 9.91. The minimum Gasteiger partial charge on any atom is -0.867 e. The summed E-state index contributed by atoms with van der Waals surface area (Å²) in [6.07, 6.45) is 7.42. The van der Waals surface area contributed by atoms with Gasteiger partial charge in [-0.05, 0) is 29.0 Å². The van der Waals surface area contributed by atoms with E-state index in [4.69, 9.17) is 5.11 Å².